The molecule has 0 aliphatic rings. The van der Waals surface area contributed by atoms with E-state index in [9.17, 15) is 14.9 Å². The molecule has 1 heterocycles. The number of thiazole rings is 1. The molecule has 2 aromatic rings. The van der Waals surface area contributed by atoms with Crippen molar-refractivity contribution in [1.29, 1.82) is 0 Å². The summed E-state index contributed by atoms with van der Waals surface area (Å²) in [6.07, 6.45) is 1.10. The van der Waals surface area contributed by atoms with E-state index in [4.69, 9.17) is 9.84 Å². The Morgan fingerprint density at radius 1 is 1.39 bits per heavy atom. The molecule has 8 heteroatoms. The van der Waals surface area contributed by atoms with E-state index in [1.54, 1.807) is 0 Å². The number of nitro groups is 1. The number of benzene rings is 1. The Morgan fingerprint density at radius 2 is 2.06 bits per heavy atom. The van der Waals surface area contributed by atoms with Crippen LogP contribution in [-0.2, 0) is 0 Å². The zero-order valence-corrected chi connectivity index (χ0v) is 9.59. The van der Waals surface area contributed by atoms with E-state index >= 15 is 0 Å². The molecule has 2 rings (SSSR count). The second-order valence-electron chi connectivity index (χ2n) is 3.15. The first kappa shape index (κ1) is 12.0. The normalized spacial score (nSPS) is 10.0. The molecule has 7 nitrogen and oxygen atoms in total. The summed E-state index contributed by atoms with van der Waals surface area (Å²) in [5.74, 6) is -0.671. The summed E-state index contributed by atoms with van der Waals surface area (Å²) in [4.78, 5) is 24.2. The molecule has 0 bridgehead atoms. The summed E-state index contributed by atoms with van der Waals surface area (Å²) in [5, 5.41) is 19.2. The highest BCUT2D eigenvalue weighted by molar-refractivity contribution is 7.16. The minimum Gasteiger partial charge on any atom is -0.478 e. The van der Waals surface area contributed by atoms with E-state index in [0.29, 0.717) is 5.75 Å². The van der Waals surface area contributed by atoms with Gasteiger partial charge in [0, 0.05) is 0 Å². The number of aromatic carboxylic acids is 1. The standard InChI is InChI=1S/C10H6N2O5S/c13-9(14)6-1-3-7(4-2-6)17-10-11-5-8(18-10)12(15)16/h1-5H,(H,13,14). The lowest BCUT2D eigenvalue weighted by molar-refractivity contribution is -0.380. The molecule has 0 saturated carbocycles. The van der Waals surface area contributed by atoms with Gasteiger partial charge in [-0.3, -0.25) is 10.1 Å². The summed E-state index contributed by atoms with van der Waals surface area (Å²) < 4.78 is 5.25. The van der Waals surface area contributed by atoms with Crippen molar-refractivity contribution in [1.82, 2.24) is 4.98 Å². The van der Waals surface area contributed by atoms with E-state index in [1.165, 1.54) is 24.3 Å². The topological polar surface area (TPSA) is 103 Å². The largest absolute Gasteiger partial charge is 0.478 e. The molecular weight excluding hydrogens is 260 g/mol. The predicted octanol–water partition coefficient (Wildman–Crippen LogP) is 2.54. The molecular formula is C10H6N2O5S. The fraction of sp³-hybridized carbons (Fsp3) is 0. The number of aromatic nitrogens is 1. The Balaban J connectivity index is 2.13. The van der Waals surface area contributed by atoms with Crippen molar-refractivity contribution in [3.8, 4) is 10.9 Å². The van der Waals surface area contributed by atoms with Gasteiger partial charge in [0.1, 0.15) is 11.9 Å². The quantitative estimate of drug-likeness (QED) is 0.673. The Labute approximate surface area is 104 Å². The SMILES string of the molecule is O=C(O)c1ccc(Oc2ncc([N+](=O)[O-])s2)cc1. The molecule has 0 saturated heterocycles. The first-order chi connectivity index (χ1) is 8.56. The third-order valence-electron chi connectivity index (χ3n) is 1.96. The molecule has 0 fully saturated rings. The van der Waals surface area contributed by atoms with Gasteiger partial charge in [-0.15, -0.1) is 0 Å². The minimum atomic E-state index is -1.04. The van der Waals surface area contributed by atoms with Crippen LogP contribution in [0.5, 0.6) is 10.9 Å². The summed E-state index contributed by atoms with van der Waals surface area (Å²) in [6, 6.07) is 5.66. The second-order valence-corrected chi connectivity index (χ2v) is 4.12. The fourth-order valence-electron chi connectivity index (χ4n) is 1.15. The Kier molecular flexibility index (Phi) is 3.20. The van der Waals surface area contributed by atoms with Gasteiger partial charge in [0.05, 0.1) is 10.5 Å². The first-order valence-electron chi connectivity index (χ1n) is 4.67. The molecule has 0 unspecified atom stereocenters. The van der Waals surface area contributed by atoms with E-state index in [0.717, 1.165) is 17.5 Å². The van der Waals surface area contributed by atoms with E-state index < -0.39 is 10.9 Å². The van der Waals surface area contributed by atoms with E-state index in [2.05, 4.69) is 4.98 Å². The number of carbonyl (C=O) groups is 1. The van der Waals surface area contributed by atoms with Crippen molar-refractivity contribution < 1.29 is 19.6 Å². The van der Waals surface area contributed by atoms with Crippen LogP contribution in [0, 0.1) is 10.1 Å². The third-order valence-corrected chi connectivity index (χ3v) is 2.79. The molecule has 0 spiro atoms. The van der Waals surface area contributed by atoms with E-state index in [1.807, 2.05) is 0 Å². The van der Waals surface area contributed by atoms with Gasteiger partial charge in [-0.25, -0.2) is 9.78 Å². The van der Waals surface area contributed by atoms with Crippen LogP contribution in [0.1, 0.15) is 10.4 Å². The zero-order chi connectivity index (χ0) is 13.1. The molecule has 0 aliphatic carbocycles. The summed E-state index contributed by atoms with van der Waals surface area (Å²) in [7, 11) is 0. The molecule has 0 atom stereocenters. The number of hydrogen-bond donors (Lipinski definition) is 1. The van der Waals surface area contributed by atoms with Crippen molar-refractivity contribution in [3.63, 3.8) is 0 Å². The smallest absolute Gasteiger partial charge is 0.347 e. The average molecular weight is 266 g/mol. The summed E-state index contributed by atoms with van der Waals surface area (Å²) in [6.45, 7) is 0. The van der Waals surface area contributed by atoms with Gasteiger partial charge in [-0.2, -0.15) is 0 Å². The lowest BCUT2D eigenvalue weighted by Gasteiger charge is -2.00. The maximum absolute atomic E-state index is 10.6. The molecule has 1 aromatic heterocycles. The van der Waals surface area contributed by atoms with Crippen LogP contribution >= 0.6 is 11.3 Å². The van der Waals surface area contributed by atoms with Crippen LogP contribution in [-0.4, -0.2) is 21.0 Å². The van der Waals surface area contributed by atoms with Gasteiger partial charge >= 0.3 is 11.0 Å². The molecule has 0 radical (unpaired) electrons. The van der Waals surface area contributed by atoms with Gasteiger partial charge in [0.2, 0.25) is 0 Å². The number of carboxylic acids is 1. The average Bonchev–Trinajstić information content (AvgIpc) is 2.78. The zero-order valence-electron chi connectivity index (χ0n) is 8.77. The minimum absolute atomic E-state index is 0.118. The van der Waals surface area contributed by atoms with Gasteiger partial charge in [-0.1, -0.05) is 0 Å². The third kappa shape index (κ3) is 2.61. The number of nitrogens with zero attached hydrogens (tertiary/aromatic N) is 2. The molecule has 18 heavy (non-hydrogen) atoms. The predicted molar refractivity (Wildman–Crippen MR) is 62.2 cm³/mol. The van der Waals surface area contributed by atoms with Gasteiger partial charge in [0.25, 0.3) is 5.19 Å². The maximum Gasteiger partial charge on any atom is 0.347 e. The summed E-state index contributed by atoms with van der Waals surface area (Å²) in [5.41, 5.74) is 0.132. The van der Waals surface area contributed by atoms with Crippen molar-refractivity contribution >= 4 is 22.3 Å². The first-order valence-corrected chi connectivity index (χ1v) is 5.49. The molecule has 0 aliphatic heterocycles. The van der Waals surface area contributed by atoms with Crippen molar-refractivity contribution in [2.45, 2.75) is 0 Å². The highest BCUT2D eigenvalue weighted by Crippen LogP contribution is 2.30. The number of carboxylic acid groups (broad SMARTS) is 1. The van der Waals surface area contributed by atoms with Crippen LogP contribution < -0.4 is 4.74 Å². The molecule has 1 N–H and O–H groups in total. The highest BCUT2D eigenvalue weighted by Gasteiger charge is 2.13. The monoisotopic (exact) mass is 266 g/mol. The van der Waals surface area contributed by atoms with Gasteiger partial charge < -0.3 is 9.84 Å². The Morgan fingerprint density at radius 3 is 2.56 bits per heavy atom. The van der Waals surface area contributed by atoms with Gasteiger partial charge in [-0.05, 0) is 35.6 Å². The van der Waals surface area contributed by atoms with Crippen LogP contribution in [0.15, 0.2) is 30.5 Å². The number of ether oxygens (including phenoxy) is 1. The Bertz CT molecular complexity index is 593. The molecule has 1 aromatic carbocycles. The Hall–Kier alpha value is -2.48. The molecule has 0 amide bonds. The molecule has 92 valence electrons. The lowest BCUT2D eigenvalue weighted by Crippen LogP contribution is -1.95. The van der Waals surface area contributed by atoms with Crippen LogP contribution in [0.3, 0.4) is 0 Å². The van der Waals surface area contributed by atoms with Crippen molar-refractivity contribution in [2.24, 2.45) is 0 Å². The summed E-state index contributed by atoms with van der Waals surface area (Å²) >= 11 is 0.798. The number of rotatable bonds is 4. The van der Waals surface area contributed by atoms with Crippen LogP contribution in [0.25, 0.3) is 0 Å². The second kappa shape index (κ2) is 4.80. The van der Waals surface area contributed by atoms with Crippen LogP contribution in [0.2, 0.25) is 0 Å². The maximum atomic E-state index is 10.6. The fourth-order valence-corrected chi connectivity index (χ4v) is 1.75. The highest BCUT2D eigenvalue weighted by atomic mass is 32.1. The lowest BCUT2D eigenvalue weighted by atomic mass is 10.2. The van der Waals surface area contributed by atoms with Gasteiger partial charge in [0.15, 0.2) is 0 Å². The van der Waals surface area contributed by atoms with E-state index in [-0.39, 0.29) is 15.8 Å². The van der Waals surface area contributed by atoms with Crippen LogP contribution in [0.4, 0.5) is 5.00 Å². The van der Waals surface area contributed by atoms with Crippen molar-refractivity contribution in [3.05, 3.63) is 46.1 Å². The number of hydrogen-bond acceptors (Lipinski definition) is 6. The van der Waals surface area contributed by atoms with Crippen molar-refractivity contribution in [2.75, 3.05) is 0 Å².